The van der Waals surface area contributed by atoms with Crippen molar-refractivity contribution in [3.05, 3.63) is 28.2 Å². The number of hydrogen-bond acceptors (Lipinski definition) is 3. The van der Waals surface area contributed by atoms with E-state index in [0.717, 1.165) is 24.9 Å². The molecule has 0 bridgehead atoms. The van der Waals surface area contributed by atoms with E-state index in [2.05, 4.69) is 21.2 Å². The first-order valence-corrected chi connectivity index (χ1v) is 9.10. The Morgan fingerprint density at radius 3 is 2.81 bits per heavy atom. The quantitative estimate of drug-likeness (QED) is 0.850. The molecule has 4 nitrogen and oxygen atoms in total. The van der Waals surface area contributed by atoms with Crippen molar-refractivity contribution in [3.63, 3.8) is 0 Å². The molecule has 0 radical (unpaired) electrons. The fraction of sp³-hybridized carbons (Fsp3) is 0.571. The molecule has 0 spiro atoms. The van der Waals surface area contributed by atoms with Gasteiger partial charge in [-0.05, 0) is 66.8 Å². The Morgan fingerprint density at radius 2 is 2.14 bits per heavy atom. The third-order valence-electron chi connectivity index (χ3n) is 3.75. The molecule has 1 aromatic rings. The van der Waals surface area contributed by atoms with E-state index in [1.54, 1.807) is 16.4 Å². The molecule has 1 fully saturated rings. The number of piperidine rings is 1. The van der Waals surface area contributed by atoms with Crippen molar-refractivity contribution in [1.82, 2.24) is 9.62 Å². The number of benzene rings is 1. The number of aryl methyl sites for hydroxylation is 1. The molecule has 1 atom stereocenters. The van der Waals surface area contributed by atoms with Crippen LogP contribution in [0.4, 0.5) is 0 Å². The highest BCUT2D eigenvalue weighted by molar-refractivity contribution is 9.10. The van der Waals surface area contributed by atoms with Gasteiger partial charge in [0, 0.05) is 17.6 Å². The maximum atomic E-state index is 12.8. The van der Waals surface area contributed by atoms with Crippen LogP contribution in [0, 0.1) is 12.8 Å². The minimum Gasteiger partial charge on any atom is -0.319 e. The lowest BCUT2D eigenvalue weighted by molar-refractivity contribution is 0.263. The van der Waals surface area contributed by atoms with Gasteiger partial charge in [0.1, 0.15) is 0 Å². The van der Waals surface area contributed by atoms with Gasteiger partial charge in [-0.2, -0.15) is 4.31 Å². The summed E-state index contributed by atoms with van der Waals surface area (Å²) in [6.45, 7) is 3.98. The molecule has 1 aliphatic rings. The Labute approximate surface area is 141 Å². The lowest BCUT2D eigenvalue weighted by atomic mass is 10.00. The minimum atomic E-state index is -3.41. The van der Waals surface area contributed by atoms with Crippen LogP contribution in [0.3, 0.4) is 0 Å². The standard InChI is InChI=1S/C14H21BrN2O2S.ClH/c1-11-5-3-7-13(14(11)15)20(18,19)17-8-4-6-12(10-17)9-16-2;/h3,5,7,12,16H,4,6,8-10H2,1-2H3;1H. The van der Waals surface area contributed by atoms with Gasteiger partial charge in [0.25, 0.3) is 0 Å². The predicted octanol–water partition coefficient (Wildman–Crippen LogP) is 2.80. The van der Waals surface area contributed by atoms with Gasteiger partial charge >= 0.3 is 0 Å². The summed E-state index contributed by atoms with van der Waals surface area (Å²) in [5, 5.41) is 3.14. The van der Waals surface area contributed by atoms with Gasteiger partial charge in [-0.3, -0.25) is 0 Å². The fourth-order valence-corrected chi connectivity index (χ4v) is 5.23. The number of rotatable bonds is 4. The monoisotopic (exact) mass is 396 g/mol. The Kier molecular flexibility index (Phi) is 7.13. The third kappa shape index (κ3) is 4.20. The van der Waals surface area contributed by atoms with Crippen LogP contribution in [-0.2, 0) is 10.0 Å². The van der Waals surface area contributed by atoms with Crippen molar-refractivity contribution in [2.45, 2.75) is 24.7 Å². The number of nitrogens with one attached hydrogen (secondary N) is 1. The Bertz CT molecular complexity index is 578. The largest absolute Gasteiger partial charge is 0.319 e. The summed E-state index contributed by atoms with van der Waals surface area (Å²) in [7, 11) is -1.50. The normalized spacial score (nSPS) is 20.0. The van der Waals surface area contributed by atoms with Gasteiger partial charge in [-0.1, -0.05) is 12.1 Å². The van der Waals surface area contributed by atoms with E-state index in [9.17, 15) is 8.42 Å². The zero-order chi connectivity index (χ0) is 14.8. The summed E-state index contributed by atoms with van der Waals surface area (Å²) in [6.07, 6.45) is 2.01. The average Bonchev–Trinajstić information content (AvgIpc) is 2.42. The molecule has 1 heterocycles. The molecule has 2 rings (SSSR count). The van der Waals surface area contributed by atoms with E-state index in [0.29, 0.717) is 28.4 Å². The van der Waals surface area contributed by atoms with Crippen LogP contribution in [0.25, 0.3) is 0 Å². The summed E-state index contributed by atoms with van der Waals surface area (Å²) < 4.78 is 27.9. The summed E-state index contributed by atoms with van der Waals surface area (Å²) in [5.41, 5.74) is 0.940. The smallest absolute Gasteiger partial charge is 0.244 e. The van der Waals surface area contributed by atoms with E-state index < -0.39 is 10.0 Å². The van der Waals surface area contributed by atoms with E-state index in [-0.39, 0.29) is 12.4 Å². The molecule has 0 aromatic heterocycles. The van der Waals surface area contributed by atoms with Gasteiger partial charge in [0.15, 0.2) is 0 Å². The molecular formula is C14H22BrClN2O2S. The minimum absolute atomic E-state index is 0. The van der Waals surface area contributed by atoms with Crippen LogP contribution in [0.15, 0.2) is 27.6 Å². The zero-order valence-corrected chi connectivity index (χ0v) is 15.5. The first-order chi connectivity index (χ1) is 9.46. The first kappa shape index (κ1) is 18.9. The predicted molar refractivity (Wildman–Crippen MR) is 91.5 cm³/mol. The van der Waals surface area contributed by atoms with Crippen molar-refractivity contribution >= 4 is 38.4 Å². The van der Waals surface area contributed by atoms with Crippen LogP contribution in [0.2, 0.25) is 0 Å². The fourth-order valence-electron chi connectivity index (χ4n) is 2.66. The average molecular weight is 398 g/mol. The van der Waals surface area contributed by atoms with E-state index in [1.165, 1.54) is 0 Å². The van der Waals surface area contributed by atoms with Crippen molar-refractivity contribution in [2.75, 3.05) is 26.7 Å². The Hall–Kier alpha value is -0.140. The van der Waals surface area contributed by atoms with Crippen LogP contribution >= 0.6 is 28.3 Å². The van der Waals surface area contributed by atoms with Gasteiger partial charge in [-0.15, -0.1) is 12.4 Å². The van der Waals surface area contributed by atoms with Crippen LogP contribution in [-0.4, -0.2) is 39.4 Å². The second-order valence-electron chi connectivity index (χ2n) is 5.32. The second kappa shape index (κ2) is 7.92. The molecule has 0 aliphatic carbocycles. The lowest BCUT2D eigenvalue weighted by Gasteiger charge is -2.32. The molecular weight excluding hydrogens is 376 g/mol. The number of halogens is 2. The maximum Gasteiger partial charge on any atom is 0.244 e. The molecule has 7 heteroatoms. The van der Waals surface area contributed by atoms with E-state index in [1.807, 2.05) is 20.0 Å². The number of hydrogen-bond donors (Lipinski definition) is 1. The topological polar surface area (TPSA) is 49.4 Å². The second-order valence-corrected chi connectivity index (χ2v) is 8.02. The van der Waals surface area contributed by atoms with Crippen molar-refractivity contribution in [2.24, 2.45) is 5.92 Å². The SMILES string of the molecule is CNCC1CCCN(S(=O)(=O)c2cccc(C)c2Br)C1.Cl. The van der Waals surface area contributed by atoms with Gasteiger partial charge in [0.05, 0.1) is 4.90 Å². The van der Waals surface area contributed by atoms with Crippen molar-refractivity contribution < 1.29 is 8.42 Å². The van der Waals surface area contributed by atoms with E-state index >= 15 is 0 Å². The summed E-state index contributed by atoms with van der Waals surface area (Å²) in [5.74, 6) is 0.395. The molecule has 1 aliphatic heterocycles. The van der Waals surface area contributed by atoms with Gasteiger partial charge in [-0.25, -0.2) is 8.42 Å². The van der Waals surface area contributed by atoms with Gasteiger partial charge in [0.2, 0.25) is 10.0 Å². The third-order valence-corrected chi connectivity index (χ3v) is 6.97. The Morgan fingerprint density at radius 1 is 1.43 bits per heavy atom. The summed E-state index contributed by atoms with van der Waals surface area (Å²) in [6, 6.07) is 5.37. The van der Waals surface area contributed by atoms with Crippen molar-refractivity contribution in [3.8, 4) is 0 Å². The van der Waals surface area contributed by atoms with Crippen LogP contribution in [0.5, 0.6) is 0 Å². The number of sulfonamides is 1. The Balaban J connectivity index is 0.00000220. The molecule has 1 N–H and O–H groups in total. The van der Waals surface area contributed by atoms with E-state index in [4.69, 9.17) is 0 Å². The summed E-state index contributed by atoms with van der Waals surface area (Å²) >= 11 is 3.41. The van der Waals surface area contributed by atoms with Crippen molar-refractivity contribution in [1.29, 1.82) is 0 Å². The number of nitrogens with zero attached hydrogens (tertiary/aromatic N) is 1. The molecule has 120 valence electrons. The zero-order valence-electron chi connectivity index (χ0n) is 12.3. The molecule has 1 saturated heterocycles. The molecule has 1 unspecified atom stereocenters. The highest BCUT2D eigenvalue weighted by Crippen LogP contribution is 2.30. The summed E-state index contributed by atoms with van der Waals surface area (Å²) in [4.78, 5) is 0.377. The molecule has 1 aromatic carbocycles. The lowest BCUT2D eigenvalue weighted by Crippen LogP contribution is -2.42. The molecule has 0 amide bonds. The van der Waals surface area contributed by atoms with Crippen LogP contribution in [0.1, 0.15) is 18.4 Å². The van der Waals surface area contributed by atoms with Gasteiger partial charge < -0.3 is 5.32 Å². The molecule has 21 heavy (non-hydrogen) atoms. The van der Waals surface area contributed by atoms with Crippen LogP contribution < -0.4 is 5.32 Å². The maximum absolute atomic E-state index is 12.8. The highest BCUT2D eigenvalue weighted by Gasteiger charge is 2.31. The first-order valence-electron chi connectivity index (χ1n) is 6.86. The molecule has 0 saturated carbocycles. The highest BCUT2D eigenvalue weighted by atomic mass is 79.9.